The Morgan fingerprint density at radius 1 is 0.947 bits per heavy atom. The van der Waals surface area contributed by atoms with Crippen molar-refractivity contribution in [1.82, 2.24) is 4.90 Å². The maximum Gasteiger partial charge on any atom is 0.326 e. The monoisotopic (exact) mass is 569 g/mol. The number of benzene rings is 2. The summed E-state index contributed by atoms with van der Waals surface area (Å²) in [4.78, 5) is 25.4. The first-order chi connectivity index (χ1) is 18.2. The first kappa shape index (κ1) is 29.7. The Labute approximate surface area is 232 Å². The van der Waals surface area contributed by atoms with Gasteiger partial charge in [-0.15, -0.1) is 23.2 Å². The van der Waals surface area contributed by atoms with Crippen LogP contribution >= 0.6 is 23.2 Å². The first-order valence-corrected chi connectivity index (χ1v) is 13.0. The van der Waals surface area contributed by atoms with Gasteiger partial charge in [0.2, 0.25) is 0 Å². The van der Waals surface area contributed by atoms with E-state index in [1.807, 2.05) is 30.3 Å². The molecule has 3 atom stereocenters. The lowest BCUT2D eigenvalue weighted by Crippen LogP contribution is -2.38. The van der Waals surface area contributed by atoms with Crippen LogP contribution in [0.2, 0.25) is 0 Å². The predicted octanol–water partition coefficient (Wildman–Crippen LogP) is 4.10. The fourth-order valence-corrected chi connectivity index (χ4v) is 4.86. The molecule has 9 nitrogen and oxygen atoms in total. The third kappa shape index (κ3) is 6.95. The number of hydrogen-bond acceptors (Lipinski definition) is 8. The number of hydrogen-bond donors (Lipinski definition) is 1. The maximum absolute atomic E-state index is 12.1. The van der Waals surface area contributed by atoms with E-state index in [1.54, 1.807) is 28.4 Å². The quantitative estimate of drug-likeness (QED) is 0.217. The van der Waals surface area contributed by atoms with E-state index in [0.29, 0.717) is 42.4 Å². The number of carbonyl (C=O) groups excluding carboxylic acids is 1. The normalized spacial score (nSPS) is 16.6. The summed E-state index contributed by atoms with van der Waals surface area (Å²) >= 11 is 11.5. The van der Waals surface area contributed by atoms with Crippen molar-refractivity contribution >= 4 is 35.1 Å². The molecule has 1 heterocycles. The molecule has 208 valence electrons. The topological polar surface area (TPSA) is 104 Å². The van der Waals surface area contributed by atoms with E-state index in [9.17, 15) is 9.59 Å². The molecular formula is C27H33Cl2NO8. The number of carboxylic acids is 1. The van der Waals surface area contributed by atoms with Gasteiger partial charge in [-0.05, 0) is 60.2 Å². The van der Waals surface area contributed by atoms with Crippen LogP contribution in [0.15, 0.2) is 30.3 Å². The standard InChI is InChI=1S/C27H33Cl2NO8/c1-34-20-7-6-16(13-21(20)35-2)12-19-18-15-23(37-4)22(36-3)14-17(18)8-10-30(19)9-5-11-38-27(33)25(29)24(28)26(31)32/h6-7,13-15,19,24-25H,5,8-12H2,1-4H3,(H,31,32)/t19-,24?,25?/m1/s1. The first-order valence-electron chi connectivity index (χ1n) is 12.1. The van der Waals surface area contributed by atoms with E-state index in [0.717, 1.165) is 24.1 Å². The predicted molar refractivity (Wildman–Crippen MR) is 143 cm³/mol. The van der Waals surface area contributed by atoms with Gasteiger partial charge in [0.15, 0.2) is 33.8 Å². The smallest absolute Gasteiger partial charge is 0.326 e. The van der Waals surface area contributed by atoms with E-state index in [4.69, 9.17) is 52.0 Å². The van der Waals surface area contributed by atoms with Gasteiger partial charge in [-0.1, -0.05) is 6.07 Å². The number of rotatable bonds is 13. The number of carboxylic acid groups (broad SMARTS) is 1. The van der Waals surface area contributed by atoms with E-state index in [2.05, 4.69) is 4.90 Å². The van der Waals surface area contributed by atoms with Crippen LogP contribution in [0.3, 0.4) is 0 Å². The molecule has 3 rings (SSSR count). The van der Waals surface area contributed by atoms with E-state index in [-0.39, 0.29) is 12.6 Å². The van der Waals surface area contributed by atoms with Crippen LogP contribution in [-0.4, -0.2) is 80.8 Å². The second-order valence-electron chi connectivity index (χ2n) is 8.76. The molecule has 2 unspecified atom stereocenters. The second kappa shape index (κ2) is 13.8. The van der Waals surface area contributed by atoms with Crippen LogP contribution in [0.5, 0.6) is 23.0 Å². The van der Waals surface area contributed by atoms with Gasteiger partial charge < -0.3 is 28.8 Å². The lowest BCUT2D eigenvalue weighted by molar-refractivity contribution is -0.147. The molecule has 0 saturated heterocycles. The summed E-state index contributed by atoms with van der Waals surface area (Å²) in [6, 6.07) is 9.94. The molecule has 2 aromatic carbocycles. The molecule has 2 aromatic rings. The molecule has 1 aliphatic rings. The Kier molecular flexibility index (Phi) is 10.8. The van der Waals surface area contributed by atoms with Gasteiger partial charge in [0.1, 0.15) is 0 Å². The average Bonchev–Trinajstić information content (AvgIpc) is 2.94. The number of esters is 1. The third-order valence-corrected chi connectivity index (χ3v) is 7.54. The molecule has 11 heteroatoms. The highest BCUT2D eigenvalue weighted by Gasteiger charge is 2.32. The minimum atomic E-state index is -1.55. The van der Waals surface area contributed by atoms with Crippen LogP contribution in [0.4, 0.5) is 0 Å². The molecule has 0 fully saturated rings. The Bertz CT molecular complexity index is 1130. The van der Waals surface area contributed by atoms with E-state index in [1.165, 1.54) is 5.56 Å². The summed E-state index contributed by atoms with van der Waals surface area (Å²) in [5, 5.41) is 5.93. The van der Waals surface area contributed by atoms with Crippen LogP contribution < -0.4 is 18.9 Å². The number of methoxy groups -OCH3 is 4. The number of nitrogens with zero attached hydrogens (tertiary/aromatic N) is 1. The Hall–Kier alpha value is -2.88. The number of aliphatic carboxylic acids is 1. The molecule has 0 bridgehead atoms. The molecule has 0 amide bonds. The van der Waals surface area contributed by atoms with Crippen LogP contribution in [0.1, 0.15) is 29.2 Å². The van der Waals surface area contributed by atoms with Crippen LogP contribution in [0.25, 0.3) is 0 Å². The van der Waals surface area contributed by atoms with Crippen molar-refractivity contribution in [1.29, 1.82) is 0 Å². The molecular weight excluding hydrogens is 537 g/mol. The van der Waals surface area contributed by atoms with Gasteiger partial charge in [0.05, 0.1) is 35.0 Å². The molecule has 0 radical (unpaired) electrons. The number of halogens is 2. The Morgan fingerprint density at radius 2 is 1.58 bits per heavy atom. The summed E-state index contributed by atoms with van der Waals surface area (Å²) in [5.41, 5.74) is 3.38. The highest BCUT2D eigenvalue weighted by molar-refractivity contribution is 6.41. The SMILES string of the molecule is COc1ccc(C[C@@H]2c3cc(OC)c(OC)cc3CCN2CCCOC(=O)C(Cl)C(Cl)C(=O)O)cc1OC. The van der Waals surface area contributed by atoms with Crippen LogP contribution in [-0.2, 0) is 27.2 Å². The average molecular weight is 570 g/mol. The van der Waals surface area contributed by atoms with Crippen molar-refractivity contribution in [3.8, 4) is 23.0 Å². The summed E-state index contributed by atoms with van der Waals surface area (Å²) in [7, 11) is 6.44. The summed E-state index contributed by atoms with van der Waals surface area (Å²) in [6.45, 7) is 1.51. The molecule has 1 N–H and O–H groups in total. The number of alkyl halides is 2. The molecule has 0 saturated carbocycles. The zero-order valence-electron chi connectivity index (χ0n) is 21.9. The zero-order valence-corrected chi connectivity index (χ0v) is 23.4. The fourth-order valence-electron chi connectivity index (χ4n) is 4.58. The summed E-state index contributed by atoms with van der Waals surface area (Å²) in [5.74, 6) is 0.427. The van der Waals surface area contributed by atoms with Gasteiger partial charge in [-0.2, -0.15) is 0 Å². The van der Waals surface area contributed by atoms with E-state index >= 15 is 0 Å². The van der Waals surface area contributed by atoms with Gasteiger partial charge in [0, 0.05) is 19.1 Å². The summed E-state index contributed by atoms with van der Waals surface area (Å²) < 4.78 is 27.2. The number of ether oxygens (including phenoxy) is 5. The molecule has 0 spiro atoms. The lowest BCUT2D eigenvalue weighted by Gasteiger charge is -2.38. The minimum Gasteiger partial charge on any atom is -0.493 e. The van der Waals surface area contributed by atoms with Gasteiger partial charge in [-0.3, -0.25) is 14.5 Å². The molecule has 1 aliphatic heterocycles. The van der Waals surface area contributed by atoms with E-state index < -0.39 is 22.7 Å². The van der Waals surface area contributed by atoms with Gasteiger partial charge in [0.25, 0.3) is 0 Å². The summed E-state index contributed by atoms with van der Waals surface area (Å²) in [6.07, 6.45) is 2.04. The molecule has 0 aromatic heterocycles. The third-order valence-electron chi connectivity index (χ3n) is 6.54. The largest absolute Gasteiger partial charge is 0.493 e. The fraction of sp³-hybridized carbons (Fsp3) is 0.481. The highest BCUT2D eigenvalue weighted by atomic mass is 35.5. The van der Waals surface area contributed by atoms with Crippen molar-refractivity contribution in [2.45, 2.75) is 36.1 Å². The zero-order chi connectivity index (χ0) is 27.8. The van der Waals surface area contributed by atoms with Crippen molar-refractivity contribution in [2.75, 3.05) is 48.1 Å². The van der Waals surface area contributed by atoms with Crippen molar-refractivity contribution in [2.24, 2.45) is 0 Å². The maximum atomic E-state index is 12.1. The van der Waals surface area contributed by atoms with Gasteiger partial charge >= 0.3 is 11.9 Å². The van der Waals surface area contributed by atoms with Gasteiger partial charge in [-0.25, -0.2) is 0 Å². The Morgan fingerprint density at radius 3 is 2.21 bits per heavy atom. The lowest BCUT2D eigenvalue weighted by atomic mass is 9.88. The molecule has 0 aliphatic carbocycles. The van der Waals surface area contributed by atoms with Crippen molar-refractivity contribution in [3.63, 3.8) is 0 Å². The number of fused-ring (bicyclic) bond motifs is 1. The van der Waals surface area contributed by atoms with Crippen molar-refractivity contribution < 1.29 is 38.4 Å². The molecule has 38 heavy (non-hydrogen) atoms. The van der Waals surface area contributed by atoms with Crippen molar-refractivity contribution in [3.05, 3.63) is 47.0 Å². The second-order valence-corrected chi connectivity index (χ2v) is 9.70. The highest BCUT2D eigenvalue weighted by Crippen LogP contribution is 2.40. The number of carbonyl (C=O) groups is 2. The van der Waals surface area contributed by atoms with Crippen LogP contribution in [0, 0.1) is 0 Å². The Balaban J connectivity index is 1.79. The minimum absolute atomic E-state index is 0.00682.